The van der Waals surface area contributed by atoms with Crippen LogP contribution in [0.4, 0.5) is 5.69 Å². The van der Waals surface area contributed by atoms with Gasteiger partial charge in [-0.05, 0) is 66.8 Å². The molecule has 8 heteroatoms. The van der Waals surface area contributed by atoms with Crippen molar-refractivity contribution in [3.05, 3.63) is 100 Å². The van der Waals surface area contributed by atoms with Crippen LogP contribution in [0.15, 0.2) is 89.3 Å². The van der Waals surface area contributed by atoms with Crippen molar-refractivity contribution in [3.63, 3.8) is 0 Å². The molecule has 0 aromatic heterocycles. The molecule has 0 unspecified atom stereocenters. The van der Waals surface area contributed by atoms with Crippen LogP contribution in [0.2, 0.25) is 0 Å². The van der Waals surface area contributed by atoms with Gasteiger partial charge < -0.3 is 30.0 Å². The van der Waals surface area contributed by atoms with Crippen LogP contribution in [0.3, 0.4) is 0 Å². The number of carbonyl (C=O) groups is 2. The molecule has 0 fully saturated rings. The van der Waals surface area contributed by atoms with Crippen LogP contribution in [-0.4, -0.2) is 38.1 Å². The molecule has 1 aliphatic carbocycles. The van der Waals surface area contributed by atoms with E-state index in [1.165, 1.54) is 0 Å². The van der Waals surface area contributed by atoms with Gasteiger partial charge >= 0.3 is 0 Å². The topological polar surface area (TPSA) is 106 Å². The van der Waals surface area contributed by atoms with Crippen LogP contribution in [0.25, 0.3) is 0 Å². The van der Waals surface area contributed by atoms with Crippen molar-refractivity contribution >= 4 is 17.4 Å². The van der Waals surface area contributed by atoms with Gasteiger partial charge in [-0.1, -0.05) is 30.3 Å². The summed E-state index contributed by atoms with van der Waals surface area (Å²) in [5.41, 5.74) is 4.70. The van der Waals surface area contributed by atoms with Gasteiger partial charge in [0.05, 0.1) is 27.0 Å². The number of anilines is 1. The third-order valence-corrected chi connectivity index (χ3v) is 7.53. The summed E-state index contributed by atoms with van der Waals surface area (Å²) in [5.74, 6) is 0.816. The zero-order valence-corrected chi connectivity index (χ0v) is 22.9. The SMILES string of the molecule is COc1ccccc1NC(=O)C1=C(C)NC2=C(C(=O)C[C@@H](c3ccc(OC)c(OC)c3)C2)[C@H]1c1ccc(O)cc1. The maximum Gasteiger partial charge on any atom is 0.254 e. The Kier molecular flexibility index (Phi) is 7.51. The summed E-state index contributed by atoms with van der Waals surface area (Å²) in [6, 6.07) is 19.6. The van der Waals surface area contributed by atoms with E-state index in [2.05, 4.69) is 10.6 Å². The van der Waals surface area contributed by atoms with Crippen molar-refractivity contribution in [2.45, 2.75) is 31.6 Å². The molecule has 1 aliphatic heterocycles. The maximum absolute atomic E-state index is 13.9. The van der Waals surface area contributed by atoms with Gasteiger partial charge in [0.1, 0.15) is 11.5 Å². The van der Waals surface area contributed by atoms with Crippen molar-refractivity contribution in [3.8, 4) is 23.0 Å². The molecule has 1 heterocycles. The van der Waals surface area contributed by atoms with Gasteiger partial charge in [0.25, 0.3) is 5.91 Å². The van der Waals surface area contributed by atoms with Crippen molar-refractivity contribution in [2.24, 2.45) is 0 Å². The molecule has 40 heavy (non-hydrogen) atoms. The number of rotatable bonds is 7. The van der Waals surface area contributed by atoms with E-state index >= 15 is 0 Å². The second-order valence-electron chi connectivity index (χ2n) is 9.88. The first-order valence-electron chi connectivity index (χ1n) is 13.0. The first-order chi connectivity index (χ1) is 19.3. The Morgan fingerprint density at radius 3 is 2.25 bits per heavy atom. The van der Waals surface area contributed by atoms with Crippen LogP contribution in [0.5, 0.6) is 23.0 Å². The summed E-state index contributed by atoms with van der Waals surface area (Å²) in [7, 11) is 4.72. The quantitative estimate of drug-likeness (QED) is 0.368. The Labute approximate surface area is 233 Å². The summed E-state index contributed by atoms with van der Waals surface area (Å²) in [6.45, 7) is 1.85. The number of benzene rings is 3. The number of aromatic hydroxyl groups is 1. The summed E-state index contributed by atoms with van der Waals surface area (Å²) in [5, 5.41) is 16.3. The summed E-state index contributed by atoms with van der Waals surface area (Å²) in [6.07, 6.45) is 0.870. The standard InChI is InChI=1S/C32H32N2O6/c1-18-29(32(37)34-23-7-5-6-8-26(23)38-2)30(19-9-12-22(35)13-10-19)31-24(33-18)15-21(16-25(31)36)20-11-14-27(39-3)28(17-20)40-4/h5-14,17,21,30,33,35H,15-16H2,1-4H3,(H,34,37)/t21-,30-/m0/s1. The number of Topliss-reactive ketones (excluding diaryl/α,β-unsaturated/α-hetero) is 1. The van der Waals surface area contributed by atoms with Crippen LogP contribution in [-0.2, 0) is 9.59 Å². The highest BCUT2D eigenvalue weighted by Crippen LogP contribution is 2.46. The number of amides is 1. The Morgan fingerprint density at radius 1 is 0.875 bits per heavy atom. The molecule has 3 N–H and O–H groups in total. The van der Waals surface area contributed by atoms with E-state index in [0.717, 1.165) is 16.8 Å². The molecule has 0 saturated carbocycles. The third-order valence-electron chi connectivity index (χ3n) is 7.53. The fraction of sp³-hybridized carbons (Fsp3) is 0.250. The minimum absolute atomic E-state index is 0.0401. The van der Waals surface area contributed by atoms with Crippen molar-refractivity contribution in [1.82, 2.24) is 5.32 Å². The monoisotopic (exact) mass is 540 g/mol. The largest absolute Gasteiger partial charge is 0.508 e. The number of carbonyl (C=O) groups excluding carboxylic acids is 2. The minimum atomic E-state index is -0.606. The molecule has 2 atom stereocenters. The summed E-state index contributed by atoms with van der Waals surface area (Å²) >= 11 is 0. The van der Waals surface area contributed by atoms with Gasteiger partial charge in [-0.3, -0.25) is 9.59 Å². The number of dihydropyridines is 1. The van der Waals surface area contributed by atoms with Crippen molar-refractivity contribution in [1.29, 1.82) is 0 Å². The average Bonchev–Trinajstić information content (AvgIpc) is 2.96. The molecule has 8 nitrogen and oxygen atoms in total. The minimum Gasteiger partial charge on any atom is -0.508 e. The second-order valence-corrected chi connectivity index (χ2v) is 9.88. The first-order valence-corrected chi connectivity index (χ1v) is 13.0. The Bertz CT molecular complexity index is 1520. The van der Waals surface area contributed by atoms with E-state index in [1.54, 1.807) is 57.7 Å². The van der Waals surface area contributed by atoms with Gasteiger partial charge in [0.15, 0.2) is 17.3 Å². The smallest absolute Gasteiger partial charge is 0.254 e. The van der Waals surface area contributed by atoms with Gasteiger partial charge in [-0.15, -0.1) is 0 Å². The predicted molar refractivity (Wildman–Crippen MR) is 152 cm³/mol. The number of para-hydroxylation sites is 2. The molecule has 2 aliphatic rings. The molecule has 206 valence electrons. The number of phenols is 1. The first kappa shape index (κ1) is 26.9. The molecule has 1 amide bonds. The second kappa shape index (κ2) is 11.2. The maximum atomic E-state index is 13.9. The number of phenolic OH excluding ortho intramolecular Hbond substituents is 1. The lowest BCUT2D eigenvalue weighted by molar-refractivity contribution is -0.116. The fourth-order valence-corrected chi connectivity index (χ4v) is 5.62. The van der Waals surface area contributed by atoms with Crippen LogP contribution in [0.1, 0.15) is 42.7 Å². The molecular weight excluding hydrogens is 508 g/mol. The Hall–Kier alpha value is -4.72. The molecule has 0 saturated heterocycles. The third kappa shape index (κ3) is 5.00. The number of ether oxygens (including phenoxy) is 3. The summed E-state index contributed by atoms with van der Waals surface area (Å²) in [4.78, 5) is 27.7. The Balaban J connectivity index is 1.54. The zero-order chi connectivity index (χ0) is 28.4. The lowest BCUT2D eigenvalue weighted by Gasteiger charge is -2.37. The van der Waals surface area contributed by atoms with E-state index in [1.807, 2.05) is 37.3 Å². The van der Waals surface area contributed by atoms with Gasteiger partial charge in [-0.25, -0.2) is 0 Å². The highest BCUT2D eigenvalue weighted by atomic mass is 16.5. The highest BCUT2D eigenvalue weighted by molar-refractivity contribution is 6.10. The molecule has 0 radical (unpaired) electrons. The molecule has 3 aromatic rings. The van der Waals surface area contributed by atoms with Gasteiger partial charge in [0, 0.05) is 34.9 Å². The van der Waals surface area contributed by atoms with Gasteiger partial charge in [0.2, 0.25) is 0 Å². The molecular formula is C32H32N2O6. The summed E-state index contributed by atoms with van der Waals surface area (Å²) < 4.78 is 16.3. The molecule has 5 rings (SSSR count). The number of hydrogen-bond acceptors (Lipinski definition) is 7. The zero-order valence-electron chi connectivity index (χ0n) is 22.9. The van der Waals surface area contributed by atoms with Crippen LogP contribution in [0, 0.1) is 0 Å². The van der Waals surface area contributed by atoms with Gasteiger partial charge in [-0.2, -0.15) is 0 Å². The number of allylic oxidation sites excluding steroid dienone is 3. The van der Waals surface area contributed by atoms with Crippen molar-refractivity contribution in [2.75, 3.05) is 26.6 Å². The van der Waals surface area contributed by atoms with E-state index in [4.69, 9.17) is 14.2 Å². The highest BCUT2D eigenvalue weighted by Gasteiger charge is 2.41. The van der Waals surface area contributed by atoms with E-state index in [-0.39, 0.29) is 29.8 Å². The van der Waals surface area contributed by atoms with E-state index < -0.39 is 5.92 Å². The number of hydrogen-bond donors (Lipinski definition) is 3. The van der Waals surface area contributed by atoms with E-state index in [0.29, 0.717) is 46.2 Å². The predicted octanol–water partition coefficient (Wildman–Crippen LogP) is 5.42. The van der Waals surface area contributed by atoms with E-state index in [9.17, 15) is 14.7 Å². The fourth-order valence-electron chi connectivity index (χ4n) is 5.62. The molecule has 0 bridgehead atoms. The van der Waals surface area contributed by atoms with Crippen LogP contribution >= 0.6 is 0 Å². The molecule has 3 aromatic carbocycles. The lowest BCUT2D eigenvalue weighted by atomic mass is 9.71. The number of methoxy groups -OCH3 is 3. The van der Waals surface area contributed by atoms with Crippen molar-refractivity contribution < 1.29 is 28.9 Å². The number of nitrogens with one attached hydrogen (secondary N) is 2. The molecule has 0 spiro atoms. The normalized spacial score (nSPS) is 18.6. The Morgan fingerprint density at radius 2 is 1.55 bits per heavy atom. The average molecular weight is 541 g/mol. The lowest BCUT2D eigenvalue weighted by Crippen LogP contribution is -2.37. The number of ketones is 1. The van der Waals surface area contributed by atoms with Crippen LogP contribution < -0.4 is 24.8 Å².